The summed E-state index contributed by atoms with van der Waals surface area (Å²) in [5.41, 5.74) is 1.15. The number of fused-ring (bicyclic) bond motifs is 1. The Morgan fingerprint density at radius 3 is 2.96 bits per heavy atom. The quantitative estimate of drug-likeness (QED) is 0.881. The van der Waals surface area contributed by atoms with E-state index in [2.05, 4.69) is 16.3 Å². The van der Waals surface area contributed by atoms with E-state index in [1.54, 1.807) is 24.3 Å². The lowest BCUT2D eigenvalue weighted by Crippen LogP contribution is -2.05. The van der Waals surface area contributed by atoms with E-state index < -0.39 is 0 Å². The Labute approximate surface area is 134 Å². The zero-order valence-electron chi connectivity index (χ0n) is 13.0. The largest absolute Gasteiger partial charge is 0.504 e. The molecule has 0 bridgehead atoms. The van der Waals surface area contributed by atoms with Crippen molar-refractivity contribution in [2.75, 3.05) is 7.11 Å². The second-order valence-corrected chi connectivity index (χ2v) is 5.50. The van der Waals surface area contributed by atoms with Gasteiger partial charge in [-0.3, -0.25) is 0 Å². The summed E-state index contributed by atoms with van der Waals surface area (Å²) in [6, 6.07) is 7.22. The molecule has 6 heteroatoms. The average Bonchev–Trinajstić information content (AvgIpc) is 2.81. The van der Waals surface area contributed by atoms with Crippen molar-refractivity contribution in [3.8, 4) is 17.6 Å². The first-order valence-electron chi connectivity index (χ1n) is 7.64. The fraction of sp³-hybridized carbons (Fsp3) is 0.353. The van der Waals surface area contributed by atoms with Crippen LogP contribution in [0.1, 0.15) is 36.5 Å². The van der Waals surface area contributed by atoms with E-state index in [1.165, 1.54) is 13.5 Å². The van der Waals surface area contributed by atoms with Gasteiger partial charge in [0.25, 0.3) is 0 Å². The summed E-state index contributed by atoms with van der Waals surface area (Å²) in [6.45, 7) is 0.838. The van der Waals surface area contributed by atoms with Gasteiger partial charge in [-0.05, 0) is 36.6 Å². The van der Waals surface area contributed by atoms with Crippen molar-refractivity contribution >= 4 is 11.6 Å². The number of allylic oxidation sites excluding steroid dienone is 1. The Hall–Kier alpha value is -2.81. The third kappa shape index (κ3) is 3.04. The molecule has 0 saturated heterocycles. The first kappa shape index (κ1) is 15.1. The standard InChI is InChI=1S/C17H18N4O2/c1-23-15-7-6-12(10-14(15)22)9-13(11-18)17-20-19-16-5-3-2-4-8-21(16)17/h6-7,9-10,22H,2-5,8H2,1H3. The molecule has 1 aromatic carbocycles. The van der Waals surface area contributed by atoms with Crippen molar-refractivity contribution in [2.45, 2.75) is 32.2 Å². The van der Waals surface area contributed by atoms with Crippen molar-refractivity contribution in [3.05, 3.63) is 35.4 Å². The SMILES string of the molecule is COc1ccc(C=C(C#N)c2nnc3n2CCCCC3)cc1O. The fourth-order valence-electron chi connectivity index (χ4n) is 2.79. The van der Waals surface area contributed by atoms with Gasteiger partial charge in [0, 0.05) is 13.0 Å². The summed E-state index contributed by atoms with van der Waals surface area (Å²) >= 11 is 0. The Balaban J connectivity index is 1.99. The van der Waals surface area contributed by atoms with Crippen LogP contribution in [0.15, 0.2) is 18.2 Å². The maximum absolute atomic E-state index is 9.87. The molecule has 0 aliphatic carbocycles. The van der Waals surface area contributed by atoms with E-state index in [-0.39, 0.29) is 5.75 Å². The molecule has 2 heterocycles. The molecule has 0 amide bonds. The lowest BCUT2D eigenvalue weighted by Gasteiger charge is -2.06. The molecule has 0 saturated carbocycles. The number of phenols is 1. The number of nitrogens with zero attached hydrogens (tertiary/aromatic N) is 4. The lowest BCUT2D eigenvalue weighted by molar-refractivity contribution is 0.373. The average molecular weight is 310 g/mol. The van der Waals surface area contributed by atoms with Crippen LogP contribution in [0, 0.1) is 11.3 Å². The molecule has 0 atom stereocenters. The number of phenolic OH excluding ortho intramolecular Hbond substituents is 1. The number of benzene rings is 1. The molecule has 3 rings (SSSR count). The van der Waals surface area contributed by atoms with Gasteiger partial charge in [-0.2, -0.15) is 5.26 Å². The monoisotopic (exact) mass is 310 g/mol. The molecule has 0 fully saturated rings. The Morgan fingerprint density at radius 1 is 1.35 bits per heavy atom. The van der Waals surface area contributed by atoms with Crippen LogP contribution in [0.3, 0.4) is 0 Å². The summed E-state index contributed by atoms with van der Waals surface area (Å²) < 4.78 is 7.06. The van der Waals surface area contributed by atoms with Crippen LogP contribution in [0.2, 0.25) is 0 Å². The molecule has 118 valence electrons. The number of rotatable bonds is 3. The topological polar surface area (TPSA) is 84.0 Å². The second kappa shape index (κ2) is 6.53. The molecule has 1 N–H and O–H groups in total. The minimum atomic E-state index is 0.0404. The van der Waals surface area contributed by atoms with Crippen LogP contribution < -0.4 is 4.74 Å². The highest BCUT2D eigenvalue weighted by atomic mass is 16.5. The van der Waals surface area contributed by atoms with Gasteiger partial charge in [0.2, 0.25) is 0 Å². The zero-order valence-corrected chi connectivity index (χ0v) is 13.0. The highest BCUT2D eigenvalue weighted by Gasteiger charge is 2.17. The molecule has 6 nitrogen and oxygen atoms in total. The normalized spacial score (nSPS) is 14.7. The van der Waals surface area contributed by atoms with Gasteiger partial charge >= 0.3 is 0 Å². The van der Waals surface area contributed by atoms with Gasteiger partial charge in [-0.15, -0.1) is 10.2 Å². The summed E-state index contributed by atoms with van der Waals surface area (Å²) in [4.78, 5) is 0. The van der Waals surface area contributed by atoms with Crippen molar-refractivity contribution < 1.29 is 9.84 Å². The zero-order chi connectivity index (χ0) is 16.2. The molecule has 1 aliphatic heterocycles. The van der Waals surface area contributed by atoms with Crippen molar-refractivity contribution in [1.82, 2.24) is 14.8 Å². The number of methoxy groups -OCH3 is 1. The minimum Gasteiger partial charge on any atom is -0.504 e. The predicted molar refractivity (Wildman–Crippen MR) is 85.7 cm³/mol. The maximum Gasteiger partial charge on any atom is 0.174 e. The molecular weight excluding hydrogens is 292 g/mol. The van der Waals surface area contributed by atoms with Crippen LogP contribution in [-0.4, -0.2) is 27.0 Å². The smallest absolute Gasteiger partial charge is 0.174 e. The van der Waals surface area contributed by atoms with Crippen LogP contribution in [0.5, 0.6) is 11.5 Å². The third-order valence-electron chi connectivity index (χ3n) is 3.98. The molecular formula is C17H18N4O2. The van der Waals surface area contributed by atoms with E-state index in [1.807, 2.05) is 4.57 Å². The number of ether oxygens (including phenoxy) is 1. The van der Waals surface area contributed by atoms with Crippen molar-refractivity contribution in [3.63, 3.8) is 0 Å². The van der Waals surface area contributed by atoms with E-state index in [9.17, 15) is 10.4 Å². The van der Waals surface area contributed by atoms with Gasteiger partial charge in [0.15, 0.2) is 17.3 Å². The molecule has 0 unspecified atom stereocenters. The Kier molecular flexibility index (Phi) is 4.29. The van der Waals surface area contributed by atoms with Crippen LogP contribution >= 0.6 is 0 Å². The van der Waals surface area contributed by atoms with Crippen LogP contribution in [0.4, 0.5) is 0 Å². The molecule has 1 aliphatic rings. The third-order valence-corrected chi connectivity index (χ3v) is 3.98. The number of aromatic nitrogens is 3. The fourth-order valence-corrected chi connectivity index (χ4v) is 2.79. The summed E-state index contributed by atoms with van der Waals surface area (Å²) in [7, 11) is 1.50. The van der Waals surface area contributed by atoms with E-state index in [0.29, 0.717) is 22.7 Å². The van der Waals surface area contributed by atoms with Gasteiger partial charge < -0.3 is 14.4 Å². The molecule has 1 aromatic heterocycles. The first-order chi connectivity index (χ1) is 11.2. The summed E-state index contributed by atoms with van der Waals surface area (Å²) in [5.74, 6) is 1.98. The first-order valence-corrected chi connectivity index (χ1v) is 7.64. The Morgan fingerprint density at radius 2 is 2.22 bits per heavy atom. The van der Waals surface area contributed by atoms with Gasteiger partial charge in [-0.25, -0.2) is 0 Å². The second-order valence-electron chi connectivity index (χ2n) is 5.50. The number of aromatic hydroxyl groups is 1. The lowest BCUT2D eigenvalue weighted by atomic mass is 10.1. The Bertz CT molecular complexity index is 786. The number of nitriles is 1. The molecule has 0 spiro atoms. The maximum atomic E-state index is 9.87. The van der Waals surface area contributed by atoms with Crippen molar-refractivity contribution in [2.24, 2.45) is 0 Å². The number of hydrogen-bond donors (Lipinski definition) is 1. The van der Waals surface area contributed by atoms with Gasteiger partial charge in [0.1, 0.15) is 11.9 Å². The molecule has 23 heavy (non-hydrogen) atoms. The van der Waals surface area contributed by atoms with Crippen molar-refractivity contribution in [1.29, 1.82) is 5.26 Å². The molecule has 2 aromatic rings. The number of aryl methyl sites for hydroxylation is 1. The van der Waals surface area contributed by atoms with E-state index >= 15 is 0 Å². The summed E-state index contributed by atoms with van der Waals surface area (Å²) in [5, 5.41) is 27.8. The molecule has 0 radical (unpaired) electrons. The van der Waals surface area contributed by atoms with Crippen LogP contribution in [-0.2, 0) is 13.0 Å². The summed E-state index contributed by atoms with van der Waals surface area (Å²) in [6.07, 6.45) is 5.95. The highest BCUT2D eigenvalue weighted by Crippen LogP contribution is 2.28. The predicted octanol–water partition coefficient (Wildman–Crippen LogP) is 2.78. The minimum absolute atomic E-state index is 0.0404. The highest BCUT2D eigenvalue weighted by molar-refractivity contribution is 5.87. The van der Waals surface area contributed by atoms with E-state index in [4.69, 9.17) is 4.74 Å². The van der Waals surface area contributed by atoms with Gasteiger partial charge in [-0.1, -0.05) is 12.5 Å². The number of hydrogen-bond acceptors (Lipinski definition) is 5. The van der Waals surface area contributed by atoms with E-state index in [0.717, 1.165) is 31.6 Å². The van der Waals surface area contributed by atoms with Gasteiger partial charge in [0.05, 0.1) is 12.7 Å². The van der Waals surface area contributed by atoms with Crippen LogP contribution in [0.25, 0.3) is 11.6 Å².